The van der Waals surface area contributed by atoms with Crippen LogP contribution in [0, 0.1) is 6.92 Å². The molecule has 1 fully saturated rings. The minimum atomic E-state index is -0.0917. The highest BCUT2D eigenvalue weighted by molar-refractivity contribution is 5.95. The summed E-state index contributed by atoms with van der Waals surface area (Å²) in [5.74, 6) is 0.173. The lowest BCUT2D eigenvalue weighted by molar-refractivity contribution is -0.133. The van der Waals surface area contributed by atoms with Crippen LogP contribution in [0.4, 0.5) is 0 Å². The quantitative estimate of drug-likeness (QED) is 0.903. The molecule has 1 saturated heterocycles. The summed E-state index contributed by atoms with van der Waals surface area (Å²) in [5.41, 5.74) is 2.31. The first-order valence-corrected chi connectivity index (χ1v) is 9.42. The van der Waals surface area contributed by atoms with Crippen molar-refractivity contribution in [2.45, 2.75) is 39.3 Å². The second kappa shape index (κ2) is 8.25. The van der Waals surface area contributed by atoms with Crippen LogP contribution < -0.4 is 0 Å². The third-order valence-electron chi connectivity index (χ3n) is 5.19. The van der Waals surface area contributed by atoms with Gasteiger partial charge in [0.25, 0.3) is 5.91 Å². The number of phenolic OH excluding ortho intramolecular Hbond substituents is 1. The molecule has 27 heavy (non-hydrogen) atoms. The normalized spacial score (nSPS) is 17.7. The Kier molecular flexibility index (Phi) is 5.79. The molecule has 2 aromatic rings. The molecule has 1 heterocycles. The molecule has 1 atom stereocenters. The van der Waals surface area contributed by atoms with E-state index >= 15 is 0 Å². The first-order chi connectivity index (χ1) is 13.0. The molecule has 1 N–H and O–H groups in total. The second-order valence-electron chi connectivity index (χ2n) is 7.07. The van der Waals surface area contributed by atoms with Crippen molar-refractivity contribution < 1.29 is 14.7 Å². The van der Waals surface area contributed by atoms with Gasteiger partial charge in [0.1, 0.15) is 5.75 Å². The molecule has 1 aliphatic heterocycles. The number of benzene rings is 2. The highest BCUT2D eigenvalue weighted by atomic mass is 16.3. The predicted molar refractivity (Wildman–Crippen MR) is 104 cm³/mol. The summed E-state index contributed by atoms with van der Waals surface area (Å²) in [5, 5.41) is 9.69. The van der Waals surface area contributed by atoms with Crippen LogP contribution in [0.1, 0.15) is 41.3 Å². The first kappa shape index (κ1) is 19.0. The summed E-state index contributed by atoms with van der Waals surface area (Å²) < 4.78 is 0. The van der Waals surface area contributed by atoms with E-state index in [4.69, 9.17) is 0 Å². The van der Waals surface area contributed by atoms with Crippen LogP contribution in [0.2, 0.25) is 0 Å². The Morgan fingerprint density at radius 2 is 1.93 bits per heavy atom. The van der Waals surface area contributed by atoms with E-state index in [-0.39, 0.29) is 23.6 Å². The molecule has 0 spiro atoms. The van der Waals surface area contributed by atoms with Gasteiger partial charge in [-0.3, -0.25) is 9.59 Å². The van der Waals surface area contributed by atoms with Crippen molar-refractivity contribution in [3.63, 3.8) is 0 Å². The maximum Gasteiger partial charge on any atom is 0.253 e. The Morgan fingerprint density at radius 1 is 1.19 bits per heavy atom. The van der Waals surface area contributed by atoms with Gasteiger partial charge in [-0.05, 0) is 42.7 Å². The summed E-state index contributed by atoms with van der Waals surface area (Å²) in [4.78, 5) is 29.4. The van der Waals surface area contributed by atoms with Crippen LogP contribution in [0.15, 0.2) is 48.5 Å². The fourth-order valence-corrected chi connectivity index (χ4v) is 3.52. The fourth-order valence-electron chi connectivity index (χ4n) is 3.52. The molecule has 2 aromatic carbocycles. The molecule has 0 aromatic heterocycles. The number of hydrogen-bond acceptors (Lipinski definition) is 3. The van der Waals surface area contributed by atoms with Gasteiger partial charge in [0.2, 0.25) is 5.91 Å². The Bertz CT molecular complexity index is 820. The first-order valence-electron chi connectivity index (χ1n) is 9.42. The largest absolute Gasteiger partial charge is 0.508 e. The van der Waals surface area contributed by atoms with Crippen molar-refractivity contribution in [3.05, 3.63) is 65.2 Å². The number of carbonyl (C=O) groups excluding carboxylic acids is 2. The Hall–Kier alpha value is -2.82. The SMILES string of the molecule is CCC1CN(C(=O)c2ccc(O)c(C)c2)CCC(=O)N1Cc1ccccc1. The van der Waals surface area contributed by atoms with Gasteiger partial charge in [0.15, 0.2) is 0 Å². The predicted octanol–water partition coefficient (Wildman–Crippen LogP) is 3.35. The molecular formula is C22H26N2O3. The molecule has 5 heteroatoms. The van der Waals surface area contributed by atoms with E-state index < -0.39 is 0 Å². The highest BCUT2D eigenvalue weighted by Crippen LogP contribution is 2.22. The van der Waals surface area contributed by atoms with Crippen molar-refractivity contribution >= 4 is 11.8 Å². The van der Waals surface area contributed by atoms with Crippen LogP contribution in [0.5, 0.6) is 5.75 Å². The molecule has 0 saturated carbocycles. The van der Waals surface area contributed by atoms with Gasteiger partial charge in [-0.25, -0.2) is 0 Å². The second-order valence-corrected chi connectivity index (χ2v) is 7.07. The lowest BCUT2D eigenvalue weighted by Crippen LogP contribution is -2.43. The van der Waals surface area contributed by atoms with E-state index in [0.717, 1.165) is 12.0 Å². The summed E-state index contributed by atoms with van der Waals surface area (Å²) in [6.45, 7) is 5.33. The molecule has 0 radical (unpaired) electrons. The van der Waals surface area contributed by atoms with E-state index in [1.807, 2.05) is 35.2 Å². The van der Waals surface area contributed by atoms with Crippen molar-refractivity contribution in [2.75, 3.05) is 13.1 Å². The smallest absolute Gasteiger partial charge is 0.253 e. The molecule has 1 aliphatic rings. The summed E-state index contributed by atoms with van der Waals surface area (Å²) in [6.07, 6.45) is 1.11. The van der Waals surface area contributed by atoms with Crippen LogP contribution in [-0.4, -0.2) is 45.9 Å². The van der Waals surface area contributed by atoms with Crippen molar-refractivity contribution in [2.24, 2.45) is 0 Å². The minimum Gasteiger partial charge on any atom is -0.508 e. The third kappa shape index (κ3) is 4.30. The van der Waals surface area contributed by atoms with E-state index in [1.165, 1.54) is 0 Å². The van der Waals surface area contributed by atoms with Crippen LogP contribution >= 0.6 is 0 Å². The number of amides is 2. The molecule has 0 bridgehead atoms. The maximum atomic E-state index is 13.0. The Labute approximate surface area is 160 Å². The third-order valence-corrected chi connectivity index (χ3v) is 5.19. The average Bonchev–Trinajstić information content (AvgIpc) is 2.84. The molecule has 1 unspecified atom stereocenters. The van der Waals surface area contributed by atoms with Gasteiger partial charge < -0.3 is 14.9 Å². The van der Waals surface area contributed by atoms with Crippen LogP contribution in [-0.2, 0) is 11.3 Å². The molecule has 142 valence electrons. The van der Waals surface area contributed by atoms with Gasteiger partial charge in [0.05, 0.1) is 0 Å². The fraction of sp³-hybridized carbons (Fsp3) is 0.364. The van der Waals surface area contributed by atoms with Crippen molar-refractivity contribution in [1.29, 1.82) is 0 Å². The summed E-state index contributed by atoms with van der Waals surface area (Å²) in [6, 6.07) is 14.8. The van der Waals surface area contributed by atoms with E-state index in [1.54, 1.807) is 30.0 Å². The highest BCUT2D eigenvalue weighted by Gasteiger charge is 2.31. The molecular weight excluding hydrogens is 340 g/mol. The number of rotatable bonds is 4. The summed E-state index contributed by atoms with van der Waals surface area (Å²) >= 11 is 0. The van der Waals surface area contributed by atoms with E-state index in [0.29, 0.717) is 37.2 Å². The average molecular weight is 366 g/mol. The van der Waals surface area contributed by atoms with E-state index in [9.17, 15) is 14.7 Å². The zero-order valence-electron chi connectivity index (χ0n) is 15.9. The molecule has 0 aliphatic carbocycles. The van der Waals surface area contributed by atoms with Crippen LogP contribution in [0.25, 0.3) is 0 Å². The number of aromatic hydroxyl groups is 1. The zero-order chi connectivity index (χ0) is 19.4. The Morgan fingerprint density at radius 3 is 2.59 bits per heavy atom. The zero-order valence-corrected chi connectivity index (χ0v) is 15.9. The summed E-state index contributed by atoms with van der Waals surface area (Å²) in [7, 11) is 0. The van der Waals surface area contributed by atoms with Crippen molar-refractivity contribution in [3.8, 4) is 5.75 Å². The molecule has 3 rings (SSSR count). The van der Waals surface area contributed by atoms with Gasteiger partial charge in [0, 0.05) is 37.7 Å². The van der Waals surface area contributed by atoms with Crippen molar-refractivity contribution in [1.82, 2.24) is 9.80 Å². The standard InChI is InChI=1S/C22H26N2O3/c1-3-19-15-23(22(27)18-9-10-20(25)16(2)13-18)12-11-21(26)24(19)14-17-7-5-4-6-8-17/h4-10,13,19,25H,3,11-12,14-15H2,1-2H3. The monoisotopic (exact) mass is 366 g/mol. The topological polar surface area (TPSA) is 60.9 Å². The lowest BCUT2D eigenvalue weighted by Gasteiger charge is -2.31. The van der Waals surface area contributed by atoms with Crippen LogP contribution in [0.3, 0.4) is 0 Å². The number of hydrogen-bond donors (Lipinski definition) is 1. The van der Waals surface area contributed by atoms with Gasteiger partial charge in [-0.1, -0.05) is 37.3 Å². The molecule has 2 amide bonds. The van der Waals surface area contributed by atoms with Gasteiger partial charge in [-0.2, -0.15) is 0 Å². The van der Waals surface area contributed by atoms with Gasteiger partial charge in [-0.15, -0.1) is 0 Å². The van der Waals surface area contributed by atoms with Gasteiger partial charge >= 0.3 is 0 Å². The number of phenols is 1. The number of nitrogens with zero attached hydrogens (tertiary/aromatic N) is 2. The van der Waals surface area contributed by atoms with E-state index in [2.05, 4.69) is 6.92 Å². The Balaban J connectivity index is 1.79. The maximum absolute atomic E-state index is 13.0. The lowest BCUT2D eigenvalue weighted by atomic mass is 10.1. The number of aryl methyl sites for hydroxylation is 1. The molecule has 5 nitrogen and oxygen atoms in total. The number of carbonyl (C=O) groups is 2. The minimum absolute atomic E-state index is 0.0117.